The molecule has 3 aromatic rings. The van der Waals surface area contributed by atoms with Crippen LogP contribution in [0.4, 0.5) is 0 Å². The molecule has 1 saturated heterocycles. The Morgan fingerprint density at radius 3 is 2.45 bits per heavy atom. The predicted octanol–water partition coefficient (Wildman–Crippen LogP) is 5.22. The fourth-order valence-electron chi connectivity index (χ4n) is 3.89. The molecule has 0 spiro atoms. The second-order valence-corrected chi connectivity index (χ2v) is 9.31. The molecule has 5 heteroatoms. The average Bonchev–Trinajstić information content (AvgIpc) is 3.33. The van der Waals surface area contributed by atoms with Crippen molar-refractivity contribution >= 4 is 17.2 Å². The molecule has 4 nitrogen and oxygen atoms in total. The van der Waals surface area contributed by atoms with E-state index in [0.717, 1.165) is 48.9 Å². The van der Waals surface area contributed by atoms with E-state index in [0.29, 0.717) is 11.5 Å². The normalized spacial score (nSPS) is 15.7. The maximum atomic E-state index is 13.2. The number of amides is 1. The van der Waals surface area contributed by atoms with Gasteiger partial charge in [0, 0.05) is 30.1 Å². The van der Waals surface area contributed by atoms with Gasteiger partial charge in [-0.2, -0.15) is 0 Å². The van der Waals surface area contributed by atoms with Gasteiger partial charge < -0.3 is 10.1 Å². The molecule has 0 aliphatic carbocycles. The van der Waals surface area contributed by atoms with E-state index in [2.05, 4.69) is 65.8 Å². The van der Waals surface area contributed by atoms with E-state index < -0.39 is 0 Å². The molecule has 1 unspecified atom stereocenters. The molecule has 0 bridgehead atoms. The van der Waals surface area contributed by atoms with Crippen LogP contribution in [0.3, 0.4) is 0 Å². The maximum absolute atomic E-state index is 13.2. The van der Waals surface area contributed by atoms with Gasteiger partial charge in [-0.15, -0.1) is 11.3 Å². The molecule has 1 N–H and O–H groups in total. The topological polar surface area (TPSA) is 41.6 Å². The van der Waals surface area contributed by atoms with Crippen LogP contribution in [-0.2, 0) is 11.3 Å². The Kier molecular flexibility index (Phi) is 7.17. The van der Waals surface area contributed by atoms with Crippen molar-refractivity contribution in [3.8, 4) is 0 Å². The maximum Gasteiger partial charge on any atom is 0.252 e. The smallest absolute Gasteiger partial charge is 0.252 e. The van der Waals surface area contributed by atoms with Crippen LogP contribution in [0.2, 0.25) is 0 Å². The van der Waals surface area contributed by atoms with E-state index in [1.807, 2.05) is 24.3 Å². The lowest BCUT2D eigenvalue weighted by Gasteiger charge is -2.26. The summed E-state index contributed by atoms with van der Waals surface area (Å²) in [6.07, 6.45) is 0. The summed E-state index contributed by atoms with van der Waals surface area (Å²) in [4.78, 5) is 16.7. The Balaban J connectivity index is 1.52. The number of morpholine rings is 1. The molecule has 1 atom stereocenters. The zero-order valence-electron chi connectivity index (χ0n) is 18.2. The van der Waals surface area contributed by atoms with Gasteiger partial charge in [0.1, 0.15) is 0 Å². The van der Waals surface area contributed by atoms with Crippen LogP contribution in [0.5, 0.6) is 0 Å². The molecule has 4 rings (SSSR count). The molecule has 1 amide bonds. The zero-order chi connectivity index (χ0) is 21.6. The third-order valence-corrected chi connectivity index (χ3v) is 6.68. The number of nitrogens with zero attached hydrogens (tertiary/aromatic N) is 1. The summed E-state index contributed by atoms with van der Waals surface area (Å²) in [7, 11) is 0. The summed E-state index contributed by atoms with van der Waals surface area (Å²) in [5.74, 6) is 0.438. The fraction of sp³-hybridized carbons (Fsp3) is 0.346. The monoisotopic (exact) mass is 434 g/mol. The van der Waals surface area contributed by atoms with E-state index in [9.17, 15) is 4.79 Å². The molecule has 0 saturated carbocycles. The third kappa shape index (κ3) is 5.62. The summed E-state index contributed by atoms with van der Waals surface area (Å²) in [6, 6.07) is 20.5. The van der Waals surface area contributed by atoms with Crippen LogP contribution in [-0.4, -0.2) is 37.1 Å². The minimum absolute atomic E-state index is 0.0461. The van der Waals surface area contributed by atoms with E-state index >= 15 is 0 Å². The Hall–Kier alpha value is -2.47. The van der Waals surface area contributed by atoms with Gasteiger partial charge >= 0.3 is 0 Å². The van der Waals surface area contributed by atoms with Gasteiger partial charge in [0.25, 0.3) is 5.91 Å². The summed E-state index contributed by atoms with van der Waals surface area (Å²) in [5.41, 5.74) is 4.26. The van der Waals surface area contributed by atoms with Crippen LogP contribution in [0.25, 0.3) is 0 Å². The Labute approximate surface area is 188 Å². The number of ether oxygens (including phenoxy) is 1. The molecule has 1 fully saturated rings. The van der Waals surface area contributed by atoms with Gasteiger partial charge in [-0.1, -0.05) is 56.3 Å². The van der Waals surface area contributed by atoms with E-state index in [4.69, 9.17) is 4.74 Å². The van der Waals surface area contributed by atoms with Crippen molar-refractivity contribution in [2.45, 2.75) is 32.4 Å². The number of carbonyl (C=O) groups is 1. The van der Waals surface area contributed by atoms with Gasteiger partial charge in [0.2, 0.25) is 0 Å². The van der Waals surface area contributed by atoms with Crippen molar-refractivity contribution in [1.82, 2.24) is 10.2 Å². The minimum atomic E-state index is -0.156. The van der Waals surface area contributed by atoms with E-state index in [1.54, 1.807) is 11.3 Å². The van der Waals surface area contributed by atoms with Crippen molar-refractivity contribution in [3.05, 3.63) is 93.2 Å². The number of hydrogen-bond acceptors (Lipinski definition) is 4. The summed E-state index contributed by atoms with van der Waals surface area (Å²) >= 11 is 1.67. The lowest BCUT2D eigenvalue weighted by molar-refractivity contribution is 0.0342. The highest BCUT2D eigenvalue weighted by molar-refractivity contribution is 7.10. The zero-order valence-corrected chi connectivity index (χ0v) is 19.0. The molecular weight excluding hydrogens is 404 g/mol. The van der Waals surface area contributed by atoms with E-state index in [1.165, 1.54) is 5.56 Å². The average molecular weight is 435 g/mol. The highest BCUT2D eigenvalue weighted by atomic mass is 32.1. The Bertz CT molecular complexity index is 977. The van der Waals surface area contributed by atoms with Crippen LogP contribution in [0, 0.1) is 0 Å². The summed E-state index contributed by atoms with van der Waals surface area (Å²) in [5, 5.41) is 5.32. The number of thiophene rings is 1. The second kappa shape index (κ2) is 10.2. The first kappa shape index (κ1) is 21.8. The van der Waals surface area contributed by atoms with Crippen molar-refractivity contribution in [3.63, 3.8) is 0 Å². The fourth-order valence-corrected chi connectivity index (χ4v) is 4.69. The summed E-state index contributed by atoms with van der Waals surface area (Å²) < 4.78 is 5.44. The van der Waals surface area contributed by atoms with Gasteiger partial charge in [-0.3, -0.25) is 9.69 Å². The number of benzene rings is 2. The number of carbonyl (C=O) groups excluding carboxylic acids is 1. The second-order valence-electron chi connectivity index (χ2n) is 8.33. The van der Waals surface area contributed by atoms with Crippen LogP contribution >= 0.6 is 11.3 Å². The largest absolute Gasteiger partial charge is 0.379 e. The minimum Gasteiger partial charge on any atom is -0.379 e. The SMILES string of the molecule is CC(C)c1ccc(C(NC(=O)c2cccc(CN3CCOCC3)c2)c2cccs2)cc1. The first-order valence-corrected chi connectivity index (χ1v) is 11.8. The predicted molar refractivity (Wildman–Crippen MR) is 127 cm³/mol. The van der Waals surface area contributed by atoms with E-state index in [-0.39, 0.29) is 11.9 Å². The molecule has 1 aromatic heterocycles. The van der Waals surface area contributed by atoms with Crippen molar-refractivity contribution in [1.29, 1.82) is 0 Å². The number of hydrogen-bond donors (Lipinski definition) is 1. The quantitative estimate of drug-likeness (QED) is 0.554. The van der Waals surface area contributed by atoms with Crippen LogP contribution < -0.4 is 5.32 Å². The molecule has 2 aromatic carbocycles. The lowest BCUT2D eigenvalue weighted by Crippen LogP contribution is -2.35. The molecule has 1 aliphatic rings. The lowest BCUT2D eigenvalue weighted by atomic mass is 9.98. The van der Waals surface area contributed by atoms with Gasteiger partial charge in [-0.05, 0) is 46.2 Å². The number of rotatable bonds is 7. The Morgan fingerprint density at radius 2 is 1.77 bits per heavy atom. The first-order chi connectivity index (χ1) is 15.1. The van der Waals surface area contributed by atoms with Gasteiger partial charge in [0.05, 0.1) is 19.3 Å². The Morgan fingerprint density at radius 1 is 1.03 bits per heavy atom. The third-order valence-electron chi connectivity index (χ3n) is 5.74. The standard InChI is InChI=1S/C26H30N2O2S/c1-19(2)21-8-10-22(11-9-21)25(24-7-4-16-31-24)27-26(29)23-6-3-5-20(17-23)18-28-12-14-30-15-13-28/h3-11,16-17,19,25H,12-15,18H2,1-2H3,(H,27,29). The highest BCUT2D eigenvalue weighted by Gasteiger charge is 2.20. The molecule has 162 valence electrons. The molecule has 0 radical (unpaired) electrons. The number of nitrogens with one attached hydrogen (secondary N) is 1. The van der Waals surface area contributed by atoms with Gasteiger partial charge in [-0.25, -0.2) is 0 Å². The summed E-state index contributed by atoms with van der Waals surface area (Å²) in [6.45, 7) is 8.65. The van der Waals surface area contributed by atoms with Crippen LogP contribution in [0.1, 0.15) is 57.7 Å². The molecule has 1 aliphatic heterocycles. The van der Waals surface area contributed by atoms with Crippen LogP contribution in [0.15, 0.2) is 66.0 Å². The van der Waals surface area contributed by atoms with Crippen molar-refractivity contribution < 1.29 is 9.53 Å². The first-order valence-electron chi connectivity index (χ1n) is 10.9. The highest BCUT2D eigenvalue weighted by Crippen LogP contribution is 2.28. The molecule has 31 heavy (non-hydrogen) atoms. The molecule has 2 heterocycles. The van der Waals surface area contributed by atoms with Gasteiger partial charge in [0.15, 0.2) is 0 Å². The van der Waals surface area contributed by atoms with Crippen molar-refractivity contribution in [2.24, 2.45) is 0 Å². The molecular formula is C26H30N2O2S. The van der Waals surface area contributed by atoms with Crippen molar-refractivity contribution in [2.75, 3.05) is 26.3 Å².